The molecule has 1 amide bonds. The van der Waals surface area contributed by atoms with Crippen molar-refractivity contribution in [1.29, 1.82) is 0 Å². The Labute approximate surface area is 168 Å². The molecule has 0 bridgehead atoms. The third-order valence-electron chi connectivity index (χ3n) is 4.59. The number of benzene rings is 1. The summed E-state index contributed by atoms with van der Waals surface area (Å²) in [7, 11) is 0. The van der Waals surface area contributed by atoms with Crippen molar-refractivity contribution in [2.45, 2.75) is 39.7 Å². The molecule has 152 valence electrons. The van der Waals surface area contributed by atoms with Crippen LogP contribution < -0.4 is 5.32 Å². The number of carbonyl (C=O) groups excluding carboxylic acids is 3. The van der Waals surface area contributed by atoms with Crippen LogP contribution in [0.15, 0.2) is 47.0 Å². The molecule has 0 spiro atoms. The number of nitrogens with zero attached hydrogens (tertiary/aromatic N) is 1. The van der Waals surface area contributed by atoms with E-state index >= 15 is 0 Å². The zero-order chi connectivity index (χ0) is 21.0. The van der Waals surface area contributed by atoms with Gasteiger partial charge in [-0.3, -0.25) is 19.0 Å². The van der Waals surface area contributed by atoms with Gasteiger partial charge in [0.05, 0.1) is 24.1 Å². The second-order valence-electron chi connectivity index (χ2n) is 6.84. The van der Waals surface area contributed by atoms with Gasteiger partial charge in [0.2, 0.25) is 5.91 Å². The fraction of sp³-hybridized carbons (Fsp3) is 0.318. The molecule has 2 heterocycles. The van der Waals surface area contributed by atoms with Gasteiger partial charge in [-0.1, -0.05) is 18.2 Å². The predicted molar refractivity (Wildman–Crippen MR) is 108 cm³/mol. The van der Waals surface area contributed by atoms with Gasteiger partial charge in [-0.2, -0.15) is 0 Å². The predicted octanol–water partition coefficient (Wildman–Crippen LogP) is 3.50. The minimum Gasteiger partial charge on any atom is -0.466 e. The van der Waals surface area contributed by atoms with Crippen LogP contribution in [0.4, 0.5) is 0 Å². The highest BCUT2D eigenvalue weighted by molar-refractivity contribution is 6.09. The second kappa shape index (κ2) is 8.77. The lowest BCUT2D eigenvalue weighted by Gasteiger charge is -2.17. The van der Waals surface area contributed by atoms with E-state index in [4.69, 9.17) is 9.15 Å². The highest BCUT2D eigenvalue weighted by Crippen LogP contribution is 2.22. The standard InChI is InChI=1S/C22H24N2O5/c1-4-28-21(26)12-16(11-17-10-9-14(2)29-17)23-22(27)19-13-24(15(3)25)20-8-6-5-7-18(19)20/h5-10,13,16H,4,11-12H2,1-3H3,(H,23,27). The molecule has 0 saturated heterocycles. The molecule has 7 nitrogen and oxygen atoms in total. The number of aryl methyl sites for hydroxylation is 1. The first-order chi connectivity index (χ1) is 13.9. The summed E-state index contributed by atoms with van der Waals surface area (Å²) >= 11 is 0. The molecular formula is C22H24N2O5. The van der Waals surface area contributed by atoms with E-state index in [2.05, 4.69) is 5.32 Å². The van der Waals surface area contributed by atoms with E-state index in [1.807, 2.05) is 31.2 Å². The first-order valence-corrected chi connectivity index (χ1v) is 9.51. The van der Waals surface area contributed by atoms with E-state index in [1.54, 1.807) is 19.1 Å². The minimum atomic E-state index is -0.508. The molecule has 0 aliphatic heterocycles. The fourth-order valence-corrected chi connectivity index (χ4v) is 3.32. The quantitative estimate of drug-likeness (QED) is 0.617. The van der Waals surface area contributed by atoms with Crippen LogP contribution in [0.25, 0.3) is 10.9 Å². The van der Waals surface area contributed by atoms with Gasteiger partial charge in [-0.05, 0) is 32.0 Å². The number of para-hydroxylation sites is 1. The van der Waals surface area contributed by atoms with Crippen LogP contribution in [0.3, 0.4) is 0 Å². The van der Waals surface area contributed by atoms with Crippen LogP contribution in [0.2, 0.25) is 0 Å². The van der Waals surface area contributed by atoms with Gasteiger partial charge >= 0.3 is 5.97 Å². The molecule has 2 aromatic heterocycles. The lowest BCUT2D eigenvalue weighted by molar-refractivity contribution is -0.143. The second-order valence-corrected chi connectivity index (χ2v) is 6.84. The summed E-state index contributed by atoms with van der Waals surface area (Å²) < 4.78 is 12.1. The third kappa shape index (κ3) is 4.74. The molecule has 0 saturated carbocycles. The summed E-state index contributed by atoms with van der Waals surface area (Å²) in [6, 6.07) is 10.3. The number of rotatable bonds is 7. The minimum absolute atomic E-state index is 0.0185. The number of hydrogen-bond donors (Lipinski definition) is 1. The van der Waals surface area contributed by atoms with Crippen LogP contribution in [-0.4, -0.2) is 35.0 Å². The number of hydrogen-bond acceptors (Lipinski definition) is 5. The maximum absolute atomic E-state index is 13.0. The van der Waals surface area contributed by atoms with Crippen LogP contribution in [0.1, 0.15) is 46.9 Å². The van der Waals surface area contributed by atoms with Gasteiger partial charge in [-0.15, -0.1) is 0 Å². The molecule has 0 radical (unpaired) electrons. The lowest BCUT2D eigenvalue weighted by atomic mass is 10.1. The molecule has 1 atom stereocenters. The topological polar surface area (TPSA) is 90.5 Å². The molecule has 29 heavy (non-hydrogen) atoms. The smallest absolute Gasteiger partial charge is 0.307 e. The molecule has 0 aliphatic carbocycles. The SMILES string of the molecule is CCOC(=O)CC(Cc1ccc(C)o1)NC(=O)c1cn(C(C)=O)c2ccccc12. The van der Waals surface area contributed by atoms with Crippen molar-refractivity contribution in [3.8, 4) is 0 Å². The van der Waals surface area contributed by atoms with Crippen molar-refractivity contribution >= 4 is 28.7 Å². The Morgan fingerprint density at radius 1 is 1.17 bits per heavy atom. The van der Waals surface area contributed by atoms with E-state index in [9.17, 15) is 14.4 Å². The molecule has 1 aromatic carbocycles. The number of amides is 1. The zero-order valence-electron chi connectivity index (χ0n) is 16.7. The van der Waals surface area contributed by atoms with Crippen LogP contribution in [-0.2, 0) is 16.0 Å². The normalized spacial score (nSPS) is 12.0. The van der Waals surface area contributed by atoms with Gasteiger partial charge in [-0.25, -0.2) is 0 Å². The summed E-state index contributed by atoms with van der Waals surface area (Å²) in [6.45, 7) is 5.28. The van der Waals surface area contributed by atoms with Crippen molar-refractivity contribution in [3.63, 3.8) is 0 Å². The Balaban J connectivity index is 1.86. The third-order valence-corrected chi connectivity index (χ3v) is 4.59. The number of carbonyl (C=O) groups is 3. The van der Waals surface area contributed by atoms with Gasteiger partial charge in [0.25, 0.3) is 5.91 Å². The van der Waals surface area contributed by atoms with Crippen molar-refractivity contribution < 1.29 is 23.5 Å². The van der Waals surface area contributed by atoms with Crippen LogP contribution in [0.5, 0.6) is 0 Å². The van der Waals surface area contributed by atoms with E-state index in [0.29, 0.717) is 28.6 Å². The van der Waals surface area contributed by atoms with E-state index in [1.165, 1.54) is 17.7 Å². The maximum atomic E-state index is 13.0. The molecule has 0 fully saturated rings. The van der Waals surface area contributed by atoms with Crippen molar-refractivity contribution in [3.05, 3.63) is 59.7 Å². The first-order valence-electron chi connectivity index (χ1n) is 9.51. The number of ether oxygens (including phenoxy) is 1. The highest BCUT2D eigenvalue weighted by Gasteiger charge is 2.23. The number of fused-ring (bicyclic) bond motifs is 1. The van der Waals surface area contributed by atoms with E-state index < -0.39 is 12.0 Å². The molecule has 1 N–H and O–H groups in total. The average molecular weight is 396 g/mol. The van der Waals surface area contributed by atoms with Gasteiger partial charge < -0.3 is 14.5 Å². The van der Waals surface area contributed by atoms with E-state index in [-0.39, 0.29) is 24.8 Å². The summed E-state index contributed by atoms with van der Waals surface area (Å²) in [5.74, 6) is 0.481. The van der Waals surface area contributed by atoms with Gasteiger partial charge in [0, 0.05) is 31.0 Å². The van der Waals surface area contributed by atoms with Gasteiger partial charge in [0.15, 0.2) is 0 Å². The number of furan rings is 1. The summed E-state index contributed by atoms with van der Waals surface area (Å²) in [5.41, 5.74) is 1.04. The molecule has 3 aromatic rings. The zero-order valence-corrected chi connectivity index (χ0v) is 16.7. The first kappa shape index (κ1) is 20.4. The van der Waals surface area contributed by atoms with Crippen molar-refractivity contribution in [2.24, 2.45) is 0 Å². The summed E-state index contributed by atoms with van der Waals surface area (Å²) in [4.78, 5) is 37.0. The molecule has 1 unspecified atom stereocenters. The molecule has 3 rings (SSSR count). The van der Waals surface area contributed by atoms with Crippen LogP contribution >= 0.6 is 0 Å². The van der Waals surface area contributed by atoms with Crippen LogP contribution in [0, 0.1) is 6.92 Å². The molecular weight excluding hydrogens is 372 g/mol. The van der Waals surface area contributed by atoms with Crippen molar-refractivity contribution in [2.75, 3.05) is 6.61 Å². The lowest BCUT2D eigenvalue weighted by Crippen LogP contribution is -2.38. The Bertz CT molecular complexity index is 1050. The number of nitrogens with one attached hydrogen (secondary N) is 1. The molecule has 7 heteroatoms. The Kier molecular flexibility index (Phi) is 6.16. The number of esters is 1. The summed E-state index contributed by atoms with van der Waals surface area (Å²) in [6.07, 6.45) is 1.90. The fourth-order valence-electron chi connectivity index (χ4n) is 3.32. The van der Waals surface area contributed by atoms with E-state index in [0.717, 1.165) is 5.76 Å². The summed E-state index contributed by atoms with van der Waals surface area (Å²) in [5, 5.41) is 3.57. The monoisotopic (exact) mass is 396 g/mol. The Morgan fingerprint density at radius 2 is 1.93 bits per heavy atom. The number of aromatic nitrogens is 1. The Morgan fingerprint density at radius 3 is 2.59 bits per heavy atom. The van der Waals surface area contributed by atoms with Crippen molar-refractivity contribution in [1.82, 2.24) is 9.88 Å². The Hall–Kier alpha value is -3.35. The average Bonchev–Trinajstić information content (AvgIpc) is 3.25. The maximum Gasteiger partial charge on any atom is 0.307 e. The largest absolute Gasteiger partial charge is 0.466 e. The molecule has 0 aliphatic rings. The van der Waals surface area contributed by atoms with Gasteiger partial charge in [0.1, 0.15) is 11.5 Å². The highest BCUT2D eigenvalue weighted by atomic mass is 16.5.